The van der Waals surface area contributed by atoms with E-state index in [0.29, 0.717) is 0 Å². The summed E-state index contributed by atoms with van der Waals surface area (Å²) in [5, 5.41) is 2.67. The maximum absolute atomic E-state index is 12.2. The molecule has 0 aliphatic rings. The van der Waals surface area contributed by atoms with Gasteiger partial charge in [-0.2, -0.15) is 18.3 Å². The van der Waals surface area contributed by atoms with Crippen LogP contribution in [-0.2, 0) is 13.2 Å². The Hall–Kier alpha value is -0.910. The Balaban J connectivity index is 3.26. The first-order valence-electron chi connectivity index (χ1n) is 3.21. The van der Waals surface area contributed by atoms with Crippen LogP contribution in [0.25, 0.3) is 0 Å². The van der Waals surface area contributed by atoms with Crippen molar-refractivity contribution in [2.24, 2.45) is 7.05 Å². The highest BCUT2D eigenvalue weighted by atomic mass is 35.5. The van der Waals surface area contributed by atoms with Crippen LogP contribution < -0.4 is 4.74 Å². The zero-order valence-corrected chi connectivity index (χ0v) is 7.57. The number of hydrogen-bond donors (Lipinski definition) is 0. The number of aromatic nitrogens is 2. The number of methoxy groups -OCH3 is 1. The molecule has 1 aromatic rings. The lowest BCUT2D eigenvalue weighted by atomic mass is 10.4. The van der Waals surface area contributed by atoms with Crippen LogP contribution in [-0.4, -0.2) is 16.9 Å². The van der Waals surface area contributed by atoms with E-state index in [1.54, 1.807) is 0 Å². The van der Waals surface area contributed by atoms with Gasteiger partial charge in [0.25, 0.3) is 0 Å². The van der Waals surface area contributed by atoms with Crippen molar-refractivity contribution in [3.05, 3.63) is 10.7 Å². The molecule has 74 valence electrons. The highest BCUT2D eigenvalue weighted by molar-refractivity contribution is 6.32. The summed E-state index contributed by atoms with van der Waals surface area (Å²) < 4.78 is 42.0. The van der Waals surface area contributed by atoms with Gasteiger partial charge in [-0.05, 0) is 0 Å². The molecular formula is C6H6ClF3N2O. The Labute approximate surface area is 77.0 Å². The van der Waals surface area contributed by atoms with Gasteiger partial charge in [0.2, 0.25) is 5.88 Å². The molecule has 0 aromatic carbocycles. The van der Waals surface area contributed by atoms with Gasteiger partial charge in [-0.15, -0.1) is 0 Å². The molecule has 0 unspecified atom stereocenters. The summed E-state index contributed by atoms with van der Waals surface area (Å²) in [4.78, 5) is 0. The van der Waals surface area contributed by atoms with E-state index in [2.05, 4.69) is 9.84 Å². The normalized spacial score (nSPS) is 11.8. The van der Waals surface area contributed by atoms with E-state index in [-0.39, 0.29) is 5.88 Å². The second kappa shape index (κ2) is 3.10. The molecule has 0 saturated carbocycles. The van der Waals surface area contributed by atoms with Gasteiger partial charge in [0, 0.05) is 7.05 Å². The third kappa shape index (κ3) is 1.72. The summed E-state index contributed by atoms with van der Waals surface area (Å²) in [6, 6.07) is 0. The summed E-state index contributed by atoms with van der Waals surface area (Å²) in [6.07, 6.45) is -4.55. The molecule has 0 radical (unpaired) electrons. The van der Waals surface area contributed by atoms with Crippen LogP contribution in [0.15, 0.2) is 0 Å². The van der Waals surface area contributed by atoms with Crippen LogP contribution in [0.2, 0.25) is 5.02 Å². The fraction of sp³-hybridized carbons (Fsp3) is 0.500. The fourth-order valence-corrected chi connectivity index (χ4v) is 1.23. The summed E-state index contributed by atoms with van der Waals surface area (Å²) in [6.45, 7) is 0. The number of ether oxygens (including phenoxy) is 1. The van der Waals surface area contributed by atoms with E-state index in [0.717, 1.165) is 4.68 Å². The van der Waals surface area contributed by atoms with Gasteiger partial charge in [0.1, 0.15) is 5.02 Å². The highest BCUT2D eigenvalue weighted by Gasteiger charge is 2.38. The molecule has 7 heteroatoms. The van der Waals surface area contributed by atoms with Crippen molar-refractivity contribution < 1.29 is 17.9 Å². The van der Waals surface area contributed by atoms with Gasteiger partial charge in [0.15, 0.2) is 5.69 Å². The molecule has 0 aliphatic carbocycles. The number of halogens is 4. The fourth-order valence-electron chi connectivity index (χ4n) is 0.886. The zero-order valence-electron chi connectivity index (χ0n) is 6.81. The second-order valence-electron chi connectivity index (χ2n) is 2.29. The number of rotatable bonds is 1. The number of aryl methyl sites for hydroxylation is 1. The van der Waals surface area contributed by atoms with Crippen LogP contribution in [0.3, 0.4) is 0 Å². The number of nitrogens with zero attached hydrogens (tertiary/aromatic N) is 2. The topological polar surface area (TPSA) is 27.1 Å². The van der Waals surface area contributed by atoms with Crippen molar-refractivity contribution in [2.75, 3.05) is 7.11 Å². The molecule has 0 aliphatic heterocycles. The molecule has 0 N–H and O–H groups in total. The Kier molecular flexibility index (Phi) is 2.42. The third-order valence-corrected chi connectivity index (χ3v) is 1.74. The van der Waals surface area contributed by atoms with E-state index in [1.807, 2.05) is 0 Å². The SMILES string of the molecule is COc1c(Cl)c(C(F)(F)F)nn1C. The van der Waals surface area contributed by atoms with Crippen molar-refractivity contribution in [3.63, 3.8) is 0 Å². The molecule has 0 saturated heterocycles. The average Bonchev–Trinajstić information content (AvgIpc) is 2.25. The van der Waals surface area contributed by atoms with E-state index in [9.17, 15) is 13.2 Å². The Morgan fingerprint density at radius 1 is 1.46 bits per heavy atom. The predicted octanol–water partition coefficient (Wildman–Crippen LogP) is 2.10. The monoisotopic (exact) mass is 214 g/mol. The van der Waals surface area contributed by atoms with Gasteiger partial charge < -0.3 is 4.74 Å². The van der Waals surface area contributed by atoms with E-state index in [4.69, 9.17) is 11.6 Å². The van der Waals surface area contributed by atoms with Gasteiger partial charge in [-0.3, -0.25) is 0 Å². The molecule has 1 heterocycles. The first-order chi connectivity index (χ1) is 5.88. The molecule has 1 rings (SSSR count). The van der Waals surface area contributed by atoms with Crippen LogP contribution in [0.5, 0.6) is 5.88 Å². The predicted molar refractivity (Wildman–Crippen MR) is 39.8 cm³/mol. The van der Waals surface area contributed by atoms with Gasteiger partial charge in [-0.1, -0.05) is 11.6 Å². The lowest BCUT2D eigenvalue weighted by Gasteiger charge is -2.01. The van der Waals surface area contributed by atoms with Crippen molar-refractivity contribution in [1.82, 2.24) is 9.78 Å². The molecule has 0 spiro atoms. The van der Waals surface area contributed by atoms with Crippen molar-refractivity contribution in [2.45, 2.75) is 6.18 Å². The van der Waals surface area contributed by atoms with Gasteiger partial charge in [-0.25, -0.2) is 4.68 Å². The molecule has 0 amide bonds. The standard InChI is InChI=1S/C6H6ClF3N2O/c1-12-5(13-2)3(7)4(11-12)6(8,9)10/h1-2H3. The zero-order chi connectivity index (χ0) is 10.2. The van der Waals surface area contributed by atoms with Crippen molar-refractivity contribution in [3.8, 4) is 5.88 Å². The molecule has 1 aromatic heterocycles. The average molecular weight is 215 g/mol. The first-order valence-corrected chi connectivity index (χ1v) is 3.59. The van der Waals surface area contributed by atoms with Crippen molar-refractivity contribution in [1.29, 1.82) is 0 Å². The maximum atomic E-state index is 12.2. The minimum absolute atomic E-state index is 0.103. The minimum Gasteiger partial charge on any atom is -0.480 e. The Morgan fingerprint density at radius 3 is 2.23 bits per heavy atom. The molecule has 13 heavy (non-hydrogen) atoms. The van der Waals surface area contributed by atoms with Gasteiger partial charge in [0.05, 0.1) is 7.11 Å². The molecule has 0 atom stereocenters. The lowest BCUT2D eigenvalue weighted by molar-refractivity contribution is -0.141. The molecule has 3 nitrogen and oxygen atoms in total. The smallest absolute Gasteiger partial charge is 0.436 e. The van der Waals surface area contributed by atoms with Crippen LogP contribution in [0.1, 0.15) is 5.69 Å². The van der Waals surface area contributed by atoms with Crippen LogP contribution in [0.4, 0.5) is 13.2 Å². The largest absolute Gasteiger partial charge is 0.480 e. The van der Waals surface area contributed by atoms with E-state index in [1.165, 1.54) is 14.2 Å². The van der Waals surface area contributed by atoms with E-state index >= 15 is 0 Å². The van der Waals surface area contributed by atoms with Crippen LogP contribution in [0, 0.1) is 0 Å². The molecule has 0 bridgehead atoms. The maximum Gasteiger partial charge on any atom is 0.436 e. The minimum atomic E-state index is -4.55. The van der Waals surface area contributed by atoms with Crippen molar-refractivity contribution >= 4 is 11.6 Å². The number of alkyl halides is 3. The Bertz CT molecular complexity index is 320. The summed E-state index contributed by atoms with van der Waals surface area (Å²) in [5.74, 6) is -0.103. The first kappa shape index (κ1) is 10.2. The van der Waals surface area contributed by atoms with Gasteiger partial charge >= 0.3 is 6.18 Å². The quantitative estimate of drug-likeness (QED) is 0.716. The second-order valence-corrected chi connectivity index (χ2v) is 2.67. The number of hydrogen-bond acceptors (Lipinski definition) is 2. The van der Waals surface area contributed by atoms with Crippen LogP contribution >= 0.6 is 11.6 Å². The summed E-state index contributed by atoms with van der Waals surface area (Å²) in [7, 11) is 2.54. The lowest BCUT2D eigenvalue weighted by Crippen LogP contribution is -2.07. The third-order valence-electron chi connectivity index (χ3n) is 1.40. The molecular weight excluding hydrogens is 209 g/mol. The Morgan fingerprint density at radius 2 is 2.00 bits per heavy atom. The van der Waals surface area contributed by atoms with E-state index < -0.39 is 16.9 Å². The molecule has 0 fully saturated rings. The highest BCUT2D eigenvalue weighted by Crippen LogP contribution is 2.38. The summed E-state index contributed by atoms with van der Waals surface area (Å²) >= 11 is 5.39. The summed E-state index contributed by atoms with van der Waals surface area (Å²) in [5.41, 5.74) is -1.13.